The first-order chi connectivity index (χ1) is 9.74. The summed E-state index contributed by atoms with van der Waals surface area (Å²) in [4.78, 5) is 12.0. The molecule has 0 atom stereocenters. The number of hydrogen-bond donors (Lipinski definition) is 1. The first-order valence-electron chi connectivity index (χ1n) is 6.67. The molecule has 0 aliphatic rings. The minimum Gasteiger partial charge on any atom is -0.326 e. The van der Waals surface area contributed by atoms with Gasteiger partial charge in [-0.25, -0.2) is 8.42 Å². The van der Waals surface area contributed by atoms with Crippen molar-refractivity contribution in [3.63, 3.8) is 0 Å². The number of nitrogens with zero attached hydrogens (tertiary/aromatic N) is 1. The van der Waals surface area contributed by atoms with Crippen molar-refractivity contribution in [1.29, 1.82) is 0 Å². The van der Waals surface area contributed by atoms with Crippen LogP contribution in [0.25, 0.3) is 0 Å². The minimum absolute atomic E-state index is 0.105. The number of sulfonamides is 1. The van der Waals surface area contributed by atoms with E-state index >= 15 is 0 Å². The summed E-state index contributed by atoms with van der Waals surface area (Å²) in [6.07, 6.45) is 2.73. The summed E-state index contributed by atoms with van der Waals surface area (Å²) in [5.41, 5.74) is 2.79. The molecule has 1 rings (SSSR count). The number of carbonyl (C=O) groups is 1. The zero-order chi connectivity index (χ0) is 16.0. The van der Waals surface area contributed by atoms with E-state index in [0.717, 1.165) is 23.1 Å². The number of carbonyl (C=O) groups excluding carboxylic acids is 1. The van der Waals surface area contributed by atoms with Gasteiger partial charge in [-0.15, -0.1) is 6.58 Å². The van der Waals surface area contributed by atoms with Crippen LogP contribution in [0.1, 0.15) is 17.5 Å². The van der Waals surface area contributed by atoms with Crippen molar-refractivity contribution >= 4 is 21.6 Å². The lowest BCUT2D eigenvalue weighted by molar-refractivity contribution is -0.116. The Morgan fingerprint density at radius 2 is 2.05 bits per heavy atom. The molecule has 6 heteroatoms. The Balaban J connectivity index is 2.65. The van der Waals surface area contributed by atoms with Crippen molar-refractivity contribution < 1.29 is 13.2 Å². The van der Waals surface area contributed by atoms with Gasteiger partial charge in [0.15, 0.2) is 0 Å². The summed E-state index contributed by atoms with van der Waals surface area (Å²) in [6, 6.07) is 5.80. The van der Waals surface area contributed by atoms with Crippen LogP contribution in [0.3, 0.4) is 0 Å². The van der Waals surface area contributed by atoms with E-state index in [0.29, 0.717) is 0 Å². The molecule has 0 aliphatic carbocycles. The lowest BCUT2D eigenvalue weighted by Gasteiger charge is -2.18. The van der Waals surface area contributed by atoms with E-state index in [1.54, 1.807) is 0 Å². The van der Waals surface area contributed by atoms with E-state index in [9.17, 15) is 13.2 Å². The molecule has 1 aromatic carbocycles. The normalized spacial score (nSPS) is 11.4. The number of anilines is 1. The van der Waals surface area contributed by atoms with Gasteiger partial charge in [0.2, 0.25) is 15.9 Å². The van der Waals surface area contributed by atoms with Crippen LogP contribution in [-0.4, -0.2) is 38.0 Å². The van der Waals surface area contributed by atoms with Crippen molar-refractivity contribution in [3.05, 3.63) is 42.0 Å². The highest BCUT2D eigenvalue weighted by molar-refractivity contribution is 7.88. The quantitative estimate of drug-likeness (QED) is 0.784. The summed E-state index contributed by atoms with van der Waals surface area (Å²) < 4.78 is 24.3. The van der Waals surface area contributed by atoms with Gasteiger partial charge in [0.1, 0.15) is 0 Å². The van der Waals surface area contributed by atoms with E-state index < -0.39 is 10.0 Å². The number of hydrogen-bond acceptors (Lipinski definition) is 3. The average Bonchev–Trinajstić information content (AvgIpc) is 2.37. The SMILES string of the molecule is C=CCN(CCC(=O)Nc1cc(C)ccc1C)S(C)(=O)=O. The molecule has 0 aromatic heterocycles. The van der Waals surface area contributed by atoms with Crippen molar-refractivity contribution in [2.75, 3.05) is 24.7 Å². The molecule has 21 heavy (non-hydrogen) atoms. The molecular weight excluding hydrogens is 288 g/mol. The molecule has 1 N–H and O–H groups in total. The lowest BCUT2D eigenvalue weighted by Crippen LogP contribution is -2.33. The largest absolute Gasteiger partial charge is 0.326 e. The molecule has 0 radical (unpaired) electrons. The number of benzene rings is 1. The highest BCUT2D eigenvalue weighted by Gasteiger charge is 2.16. The van der Waals surface area contributed by atoms with E-state index in [1.165, 1.54) is 10.4 Å². The lowest BCUT2D eigenvalue weighted by atomic mass is 10.1. The summed E-state index contributed by atoms with van der Waals surface area (Å²) in [5.74, 6) is -0.207. The maximum absolute atomic E-state index is 12.0. The zero-order valence-corrected chi connectivity index (χ0v) is 13.5. The second-order valence-corrected chi connectivity index (χ2v) is 7.01. The Morgan fingerprint density at radius 1 is 1.38 bits per heavy atom. The third-order valence-corrected chi connectivity index (χ3v) is 4.33. The first kappa shape index (κ1) is 17.4. The summed E-state index contributed by atoms with van der Waals surface area (Å²) >= 11 is 0. The number of rotatable bonds is 7. The fraction of sp³-hybridized carbons (Fsp3) is 0.400. The fourth-order valence-corrected chi connectivity index (χ4v) is 2.65. The van der Waals surface area contributed by atoms with Gasteiger partial charge in [0.05, 0.1) is 6.26 Å². The van der Waals surface area contributed by atoms with Gasteiger partial charge in [0.25, 0.3) is 0 Å². The summed E-state index contributed by atoms with van der Waals surface area (Å²) in [7, 11) is -3.33. The number of aryl methyl sites for hydroxylation is 2. The van der Waals surface area contributed by atoms with Crippen LogP contribution in [0, 0.1) is 13.8 Å². The van der Waals surface area contributed by atoms with Crippen LogP contribution < -0.4 is 5.32 Å². The summed E-state index contributed by atoms with van der Waals surface area (Å²) in [5, 5.41) is 2.81. The van der Waals surface area contributed by atoms with Gasteiger partial charge in [-0.1, -0.05) is 18.2 Å². The number of amides is 1. The molecule has 0 bridgehead atoms. The fourth-order valence-electron chi connectivity index (χ4n) is 1.85. The minimum atomic E-state index is -3.33. The van der Waals surface area contributed by atoms with Gasteiger partial charge in [-0.2, -0.15) is 4.31 Å². The van der Waals surface area contributed by atoms with Crippen LogP contribution in [0.2, 0.25) is 0 Å². The monoisotopic (exact) mass is 310 g/mol. The molecule has 1 amide bonds. The van der Waals surface area contributed by atoms with Crippen LogP contribution in [-0.2, 0) is 14.8 Å². The van der Waals surface area contributed by atoms with E-state index in [4.69, 9.17) is 0 Å². The van der Waals surface area contributed by atoms with Gasteiger partial charge >= 0.3 is 0 Å². The van der Waals surface area contributed by atoms with E-state index in [-0.39, 0.29) is 25.4 Å². The molecular formula is C15H22N2O3S. The third-order valence-electron chi connectivity index (χ3n) is 3.06. The highest BCUT2D eigenvalue weighted by atomic mass is 32.2. The second kappa shape index (κ2) is 7.38. The summed E-state index contributed by atoms with van der Waals surface area (Å²) in [6.45, 7) is 7.73. The Labute approximate surface area is 126 Å². The smallest absolute Gasteiger partial charge is 0.225 e. The van der Waals surface area contributed by atoms with Gasteiger partial charge in [-0.05, 0) is 31.0 Å². The topological polar surface area (TPSA) is 66.5 Å². The van der Waals surface area contributed by atoms with Crippen molar-refractivity contribution in [2.45, 2.75) is 20.3 Å². The molecule has 5 nitrogen and oxygen atoms in total. The van der Waals surface area contributed by atoms with Crippen molar-refractivity contribution in [3.8, 4) is 0 Å². The van der Waals surface area contributed by atoms with Crippen molar-refractivity contribution in [2.24, 2.45) is 0 Å². The maximum atomic E-state index is 12.0. The molecule has 0 fully saturated rings. The first-order valence-corrected chi connectivity index (χ1v) is 8.52. The molecule has 0 saturated heterocycles. The molecule has 0 saturated carbocycles. The Hall–Kier alpha value is -1.66. The predicted molar refractivity (Wildman–Crippen MR) is 85.8 cm³/mol. The van der Waals surface area contributed by atoms with Gasteiger partial charge in [-0.3, -0.25) is 4.79 Å². The zero-order valence-electron chi connectivity index (χ0n) is 12.7. The van der Waals surface area contributed by atoms with E-state index in [2.05, 4.69) is 11.9 Å². The molecule has 0 spiro atoms. The Kier molecular flexibility index (Phi) is 6.11. The van der Waals surface area contributed by atoms with E-state index in [1.807, 2.05) is 32.0 Å². The third kappa shape index (κ3) is 5.69. The second-order valence-electron chi connectivity index (χ2n) is 5.03. The molecule has 0 unspecified atom stereocenters. The molecule has 1 aromatic rings. The van der Waals surface area contributed by atoms with Crippen LogP contribution >= 0.6 is 0 Å². The van der Waals surface area contributed by atoms with Crippen LogP contribution in [0.4, 0.5) is 5.69 Å². The average molecular weight is 310 g/mol. The molecule has 0 heterocycles. The highest BCUT2D eigenvalue weighted by Crippen LogP contribution is 2.16. The number of nitrogens with one attached hydrogen (secondary N) is 1. The maximum Gasteiger partial charge on any atom is 0.225 e. The van der Waals surface area contributed by atoms with Gasteiger partial charge in [0, 0.05) is 25.2 Å². The molecule has 116 valence electrons. The Bertz CT molecular complexity index is 624. The van der Waals surface area contributed by atoms with Crippen LogP contribution in [0.15, 0.2) is 30.9 Å². The van der Waals surface area contributed by atoms with Crippen LogP contribution in [0.5, 0.6) is 0 Å². The standard InChI is InChI=1S/C15H22N2O3S/c1-5-9-17(21(4,19)20)10-8-15(18)16-14-11-12(2)6-7-13(14)3/h5-7,11H,1,8-10H2,2-4H3,(H,16,18). The van der Waals surface area contributed by atoms with Crippen molar-refractivity contribution in [1.82, 2.24) is 4.31 Å². The predicted octanol–water partition coefficient (Wildman–Crippen LogP) is 2.08. The van der Waals surface area contributed by atoms with Gasteiger partial charge < -0.3 is 5.32 Å². The Morgan fingerprint density at radius 3 is 2.62 bits per heavy atom. The molecule has 0 aliphatic heterocycles.